The topological polar surface area (TPSA) is 237 Å². The third-order valence-corrected chi connectivity index (χ3v) is 20.0. The maximum atomic E-state index is 13.1. The second-order valence-electron chi connectivity index (χ2n) is 28.1. The number of carbonyl (C=O) groups excluding carboxylic acids is 4. The Kier molecular flexibility index (Phi) is 66.5. The highest BCUT2D eigenvalue weighted by molar-refractivity contribution is 7.47. The van der Waals surface area contributed by atoms with Gasteiger partial charge in [-0.3, -0.25) is 37.3 Å². The molecule has 3 unspecified atom stereocenters. The third kappa shape index (κ3) is 69.0. The first kappa shape index (κ1) is 93.1. The number of carbonyl (C=O) groups is 4. The molecule has 0 aromatic rings. The highest BCUT2D eigenvalue weighted by Gasteiger charge is 2.30. The van der Waals surface area contributed by atoms with Gasteiger partial charge >= 0.3 is 39.5 Å². The van der Waals surface area contributed by atoms with Crippen molar-refractivity contribution < 1.29 is 80.2 Å². The average Bonchev–Trinajstić information content (AvgIpc) is 1.26. The van der Waals surface area contributed by atoms with Gasteiger partial charge in [-0.05, 0) is 37.5 Å². The number of hydrogen-bond donors (Lipinski definition) is 3. The summed E-state index contributed by atoms with van der Waals surface area (Å²) in [6.07, 6.45) is 55.8. The molecular weight excluding hydrogens is 1250 g/mol. The first-order valence-corrected chi connectivity index (χ1v) is 42.5. The summed E-state index contributed by atoms with van der Waals surface area (Å²) in [7, 11) is -9.91. The molecule has 0 bridgehead atoms. The minimum atomic E-state index is -4.96. The lowest BCUT2D eigenvalue weighted by molar-refractivity contribution is -0.161. The second-order valence-corrected chi connectivity index (χ2v) is 31.0. The lowest BCUT2D eigenvalue weighted by Crippen LogP contribution is -2.30. The number of hydrogen-bond acceptors (Lipinski definition) is 15. The molecule has 0 amide bonds. The normalized spacial score (nSPS) is 14.3. The van der Waals surface area contributed by atoms with Crippen molar-refractivity contribution in [2.45, 2.75) is 413 Å². The monoisotopic (exact) mass is 1400 g/mol. The fourth-order valence-electron chi connectivity index (χ4n) is 11.6. The van der Waals surface area contributed by atoms with Crippen LogP contribution in [0, 0.1) is 11.8 Å². The molecule has 0 aromatic carbocycles. The van der Waals surface area contributed by atoms with Crippen LogP contribution >= 0.6 is 15.6 Å². The van der Waals surface area contributed by atoms with Crippen LogP contribution in [0.25, 0.3) is 0 Å². The van der Waals surface area contributed by atoms with Crippen molar-refractivity contribution in [3.8, 4) is 0 Å². The molecule has 0 aliphatic rings. The lowest BCUT2D eigenvalue weighted by Gasteiger charge is -2.21. The summed E-state index contributed by atoms with van der Waals surface area (Å²) in [5.74, 6) is -0.663. The van der Waals surface area contributed by atoms with Gasteiger partial charge in [0.05, 0.1) is 26.4 Å². The molecule has 95 heavy (non-hydrogen) atoms. The van der Waals surface area contributed by atoms with Crippen molar-refractivity contribution in [2.24, 2.45) is 11.8 Å². The van der Waals surface area contributed by atoms with Gasteiger partial charge in [0.25, 0.3) is 0 Å². The minimum absolute atomic E-state index is 0.106. The predicted octanol–water partition coefficient (Wildman–Crippen LogP) is 22.3. The zero-order valence-corrected chi connectivity index (χ0v) is 63.8. The van der Waals surface area contributed by atoms with Gasteiger partial charge < -0.3 is 33.8 Å². The highest BCUT2D eigenvalue weighted by atomic mass is 31.2. The molecule has 0 radical (unpaired) electrons. The summed E-state index contributed by atoms with van der Waals surface area (Å²) >= 11 is 0. The lowest BCUT2D eigenvalue weighted by atomic mass is 9.99. The van der Waals surface area contributed by atoms with E-state index >= 15 is 0 Å². The van der Waals surface area contributed by atoms with Crippen molar-refractivity contribution in [1.29, 1.82) is 0 Å². The van der Waals surface area contributed by atoms with E-state index in [0.29, 0.717) is 31.6 Å². The van der Waals surface area contributed by atoms with Crippen LogP contribution in [0.15, 0.2) is 0 Å². The van der Waals surface area contributed by atoms with Crippen LogP contribution in [0.4, 0.5) is 0 Å². The van der Waals surface area contributed by atoms with Gasteiger partial charge in [0, 0.05) is 25.7 Å². The molecule has 0 aliphatic heterocycles. The molecule has 0 saturated carbocycles. The van der Waals surface area contributed by atoms with Gasteiger partial charge in [-0.2, -0.15) is 0 Å². The van der Waals surface area contributed by atoms with Crippen molar-refractivity contribution >= 4 is 39.5 Å². The Labute approximate surface area is 581 Å². The van der Waals surface area contributed by atoms with Gasteiger partial charge in [0.1, 0.15) is 19.3 Å². The van der Waals surface area contributed by atoms with E-state index in [2.05, 4.69) is 41.5 Å². The number of aliphatic hydroxyl groups is 1. The molecular formula is C76H148O17P2. The first-order chi connectivity index (χ1) is 45.9. The van der Waals surface area contributed by atoms with Gasteiger partial charge in [0.2, 0.25) is 0 Å². The molecule has 564 valence electrons. The zero-order chi connectivity index (χ0) is 70.0. The Morgan fingerprint density at radius 1 is 0.305 bits per heavy atom. The molecule has 3 N–H and O–H groups in total. The Morgan fingerprint density at radius 2 is 0.537 bits per heavy atom. The fourth-order valence-corrected chi connectivity index (χ4v) is 13.2. The van der Waals surface area contributed by atoms with Crippen LogP contribution < -0.4 is 0 Å². The van der Waals surface area contributed by atoms with Crippen LogP contribution in [0.3, 0.4) is 0 Å². The largest absolute Gasteiger partial charge is 0.472 e. The van der Waals surface area contributed by atoms with Crippen LogP contribution in [0.5, 0.6) is 0 Å². The number of esters is 4. The molecule has 0 aliphatic carbocycles. The van der Waals surface area contributed by atoms with Crippen molar-refractivity contribution in [2.75, 3.05) is 39.6 Å². The fraction of sp³-hybridized carbons (Fsp3) is 0.947. The number of unbranched alkanes of at least 4 members (excludes halogenated alkanes) is 44. The quantitative estimate of drug-likeness (QED) is 0.0222. The Morgan fingerprint density at radius 3 is 0.800 bits per heavy atom. The average molecular weight is 1400 g/mol. The van der Waals surface area contributed by atoms with Crippen molar-refractivity contribution in [3.05, 3.63) is 0 Å². The Bertz CT molecular complexity index is 1840. The first-order valence-electron chi connectivity index (χ1n) is 39.5. The van der Waals surface area contributed by atoms with E-state index in [9.17, 15) is 43.2 Å². The maximum Gasteiger partial charge on any atom is 0.472 e. The van der Waals surface area contributed by atoms with Crippen molar-refractivity contribution in [1.82, 2.24) is 0 Å². The number of ether oxygens (including phenoxy) is 4. The zero-order valence-electron chi connectivity index (χ0n) is 62.0. The SMILES string of the molecule is CCCCCCCCCCCCCCCCCCCCCCCCC(=O)O[C@H](COC(=O)CCCCCCCCCCC(C)CC)COP(=O)(O)OC[C@@H](O)COP(=O)(O)OC[C@@H](COC(=O)CCCCCCCCC(C)C)OC(=O)CCCCCCCCCCCCCC. The van der Waals surface area contributed by atoms with Gasteiger partial charge in [-0.25, -0.2) is 9.13 Å². The van der Waals surface area contributed by atoms with Crippen LogP contribution in [-0.2, 0) is 65.4 Å². The summed E-state index contributed by atoms with van der Waals surface area (Å²) in [6.45, 7) is 9.51. The molecule has 0 rings (SSSR count). The molecule has 19 heteroatoms. The van der Waals surface area contributed by atoms with Crippen LogP contribution in [0.2, 0.25) is 0 Å². The number of phosphoric acid groups is 2. The molecule has 17 nitrogen and oxygen atoms in total. The van der Waals surface area contributed by atoms with E-state index in [1.54, 1.807) is 0 Å². The number of aliphatic hydroxyl groups excluding tert-OH is 1. The highest BCUT2D eigenvalue weighted by Crippen LogP contribution is 2.45. The van der Waals surface area contributed by atoms with Gasteiger partial charge in [0.15, 0.2) is 12.2 Å². The molecule has 6 atom stereocenters. The number of rotatable bonds is 75. The molecule has 0 fully saturated rings. The standard InChI is InChI=1S/C76H148O17P2/c1-7-10-12-14-16-18-20-22-23-24-25-26-27-28-29-30-31-33-35-41-49-55-61-76(81)92-71(64-86-73(78)58-52-46-39-37-36-38-45-51-57-69(6)9-3)66-90-94(82,83)88-62-70(77)63-89-95(84,85)91-67-72(65-87-74(79)59-53-47-43-42-44-50-56-68(4)5)93-75(80)60-54-48-40-34-32-21-19-17-15-13-11-8-2/h68-72,77H,7-67H2,1-6H3,(H,82,83)(H,84,85)/t69?,70-,71-,72-/m1/s1. The smallest absolute Gasteiger partial charge is 0.462 e. The van der Waals surface area contributed by atoms with Gasteiger partial charge in [-0.15, -0.1) is 0 Å². The van der Waals surface area contributed by atoms with Crippen LogP contribution in [-0.4, -0.2) is 96.7 Å². The van der Waals surface area contributed by atoms with E-state index < -0.39 is 97.5 Å². The predicted molar refractivity (Wildman–Crippen MR) is 386 cm³/mol. The maximum absolute atomic E-state index is 13.1. The molecule has 0 spiro atoms. The van der Waals surface area contributed by atoms with E-state index in [1.165, 1.54) is 205 Å². The van der Waals surface area contributed by atoms with E-state index in [1.807, 2.05) is 0 Å². The molecule has 0 heterocycles. The molecule has 0 saturated heterocycles. The summed E-state index contributed by atoms with van der Waals surface area (Å²) in [5, 5.41) is 10.6. The number of phosphoric ester groups is 2. The second kappa shape index (κ2) is 67.9. The minimum Gasteiger partial charge on any atom is -0.462 e. The summed E-state index contributed by atoms with van der Waals surface area (Å²) in [5.41, 5.74) is 0. The van der Waals surface area contributed by atoms with Crippen LogP contribution in [0.1, 0.15) is 395 Å². The van der Waals surface area contributed by atoms with E-state index in [-0.39, 0.29) is 25.7 Å². The van der Waals surface area contributed by atoms with E-state index in [0.717, 1.165) is 102 Å². The third-order valence-electron chi connectivity index (χ3n) is 18.1. The van der Waals surface area contributed by atoms with Gasteiger partial charge in [-0.1, -0.05) is 343 Å². The summed E-state index contributed by atoms with van der Waals surface area (Å²) < 4.78 is 68.4. The Hall–Kier alpha value is -1.94. The van der Waals surface area contributed by atoms with E-state index in [4.69, 9.17) is 37.0 Å². The summed E-state index contributed by atoms with van der Waals surface area (Å²) in [4.78, 5) is 72.7. The van der Waals surface area contributed by atoms with Crippen molar-refractivity contribution in [3.63, 3.8) is 0 Å². The molecule has 0 aromatic heterocycles. The Balaban J connectivity index is 5.17. The summed E-state index contributed by atoms with van der Waals surface area (Å²) in [6, 6.07) is 0.